The molecule has 160 valence electrons. The second-order valence-corrected chi connectivity index (χ2v) is 10.1. The van der Waals surface area contributed by atoms with Crippen LogP contribution in [-0.2, 0) is 19.6 Å². The number of carbonyl (C=O) groups excluding carboxylic acids is 1. The van der Waals surface area contributed by atoms with Crippen molar-refractivity contribution in [3.8, 4) is 0 Å². The molecule has 2 heterocycles. The summed E-state index contributed by atoms with van der Waals surface area (Å²) in [5.41, 5.74) is 0.605. The molecule has 0 atom stereocenters. The number of hydrogen-bond acceptors (Lipinski definition) is 7. The fraction of sp³-hybridized carbons (Fsp3) is 0.556. The van der Waals surface area contributed by atoms with Crippen LogP contribution in [0.2, 0.25) is 0 Å². The van der Waals surface area contributed by atoms with Gasteiger partial charge in [0.2, 0.25) is 15.9 Å². The van der Waals surface area contributed by atoms with Gasteiger partial charge in [-0.2, -0.15) is 4.31 Å². The Kier molecular flexibility index (Phi) is 7.17. The zero-order chi connectivity index (χ0) is 21.0. The summed E-state index contributed by atoms with van der Waals surface area (Å²) in [5.74, 6) is -0.728. The van der Waals surface area contributed by atoms with Crippen molar-refractivity contribution >= 4 is 42.6 Å². The summed E-state index contributed by atoms with van der Waals surface area (Å²) in [6.07, 6.45) is 1.77. The van der Waals surface area contributed by atoms with Crippen LogP contribution in [-0.4, -0.2) is 87.8 Å². The number of morpholine rings is 1. The fourth-order valence-electron chi connectivity index (χ4n) is 3.00. The van der Waals surface area contributed by atoms with Crippen molar-refractivity contribution in [2.24, 2.45) is 0 Å². The average molecular weight is 445 g/mol. The highest BCUT2D eigenvalue weighted by molar-refractivity contribution is 7.88. The van der Waals surface area contributed by atoms with E-state index < -0.39 is 10.0 Å². The highest BCUT2D eigenvalue weighted by Crippen LogP contribution is 2.29. The molecule has 1 aliphatic rings. The lowest BCUT2D eigenvalue weighted by atomic mass is 10.3. The molecule has 1 saturated heterocycles. The van der Waals surface area contributed by atoms with Crippen LogP contribution in [0.5, 0.6) is 0 Å². The third-order valence-corrected chi connectivity index (χ3v) is 7.06. The van der Waals surface area contributed by atoms with Crippen molar-refractivity contribution in [1.29, 1.82) is 0 Å². The molecule has 0 N–H and O–H groups in total. The Morgan fingerprint density at radius 3 is 2.76 bits per heavy atom. The van der Waals surface area contributed by atoms with Gasteiger partial charge in [-0.3, -0.25) is 14.6 Å². The molecule has 1 aromatic heterocycles. The number of aromatic nitrogens is 1. The number of hydrogen-bond donors (Lipinski definition) is 0. The Bertz CT molecular complexity index is 960. The normalized spacial score (nSPS) is 15.9. The van der Waals surface area contributed by atoms with E-state index in [0.29, 0.717) is 41.5 Å². The SMILES string of the molecule is CN(CC(=O)N(CCCN1CCOCC1)c1nc2ccc(F)cc2s1)S(C)(=O)=O. The summed E-state index contributed by atoms with van der Waals surface area (Å²) in [6, 6.07) is 4.28. The first-order valence-electron chi connectivity index (χ1n) is 9.32. The van der Waals surface area contributed by atoms with Crippen molar-refractivity contribution in [3.63, 3.8) is 0 Å². The van der Waals surface area contributed by atoms with Crippen LogP contribution in [0.3, 0.4) is 0 Å². The van der Waals surface area contributed by atoms with Gasteiger partial charge in [0.25, 0.3) is 0 Å². The lowest BCUT2D eigenvalue weighted by Gasteiger charge is -2.28. The molecule has 11 heteroatoms. The standard InChI is InChI=1S/C18H25FN4O4S2/c1-21(29(2,25)26)13-17(24)23(7-3-6-22-8-10-27-11-9-22)18-20-15-5-4-14(19)12-16(15)28-18/h4-5,12H,3,6-11,13H2,1-2H3. The van der Waals surface area contributed by atoms with Gasteiger partial charge in [0.05, 0.1) is 36.2 Å². The minimum atomic E-state index is -3.48. The Labute approximate surface area is 173 Å². The van der Waals surface area contributed by atoms with E-state index in [2.05, 4.69) is 9.88 Å². The molecule has 0 unspecified atom stereocenters. The number of rotatable bonds is 8. The Balaban J connectivity index is 1.76. The van der Waals surface area contributed by atoms with Crippen LogP contribution in [0.1, 0.15) is 6.42 Å². The van der Waals surface area contributed by atoms with Crippen molar-refractivity contribution in [2.75, 3.05) is 64.1 Å². The second kappa shape index (κ2) is 9.43. The van der Waals surface area contributed by atoms with Crippen LogP contribution >= 0.6 is 11.3 Å². The first-order chi connectivity index (χ1) is 13.7. The zero-order valence-electron chi connectivity index (χ0n) is 16.5. The van der Waals surface area contributed by atoms with Gasteiger partial charge in [-0.15, -0.1) is 0 Å². The number of carbonyl (C=O) groups is 1. The maximum Gasteiger partial charge on any atom is 0.244 e. The number of benzene rings is 1. The molecule has 0 bridgehead atoms. The van der Waals surface area contributed by atoms with E-state index in [-0.39, 0.29) is 18.3 Å². The van der Waals surface area contributed by atoms with Crippen molar-refractivity contribution in [3.05, 3.63) is 24.0 Å². The van der Waals surface area contributed by atoms with Gasteiger partial charge in [-0.25, -0.2) is 17.8 Å². The predicted molar refractivity (Wildman–Crippen MR) is 111 cm³/mol. The molecule has 1 aromatic carbocycles. The lowest BCUT2D eigenvalue weighted by Crippen LogP contribution is -2.43. The summed E-state index contributed by atoms with van der Waals surface area (Å²) >= 11 is 1.22. The second-order valence-electron chi connectivity index (χ2n) is 6.98. The molecule has 0 saturated carbocycles. The molecule has 8 nitrogen and oxygen atoms in total. The number of sulfonamides is 1. The van der Waals surface area contributed by atoms with E-state index in [1.807, 2.05) is 0 Å². The topological polar surface area (TPSA) is 83.1 Å². The van der Waals surface area contributed by atoms with E-state index >= 15 is 0 Å². The number of likely N-dealkylation sites (N-methyl/N-ethyl adjacent to an activating group) is 1. The van der Waals surface area contributed by atoms with E-state index in [4.69, 9.17) is 4.74 Å². The Morgan fingerprint density at radius 1 is 1.34 bits per heavy atom. The molecular formula is C18H25FN4O4S2. The highest BCUT2D eigenvalue weighted by Gasteiger charge is 2.24. The van der Waals surface area contributed by atoms with Crippen molar-refractivity contribution in [2.45, 2.75) is 6.42 Å². The molecule has 1 amide bonds. The Hall–Kier alpha value is -1.66. The van der Waals surface area contributed by atoms with E-state index in [1.54, 1.807) is 6.07 Å². The summed E-state index contributed by atoms with van der Waals surface area (Å²) in [4.78, 5) is 21.1. The zero-order valence-corrected chi connectivity index (χ0v) is 18.1. The van der Waals surface area contributed by atoms with Crippen molar-refractivity contribution < 1.29 is 22.3 Å². The number of halogens is 1. The molecule has 2 aromatic rings. The monoisotopic (exact) mass is 444 g/mol. The summed E-state index contributed by atoms with van der Waals surface area (Å²) in [5, 5.41) is 0.444. The first-order valence-corrected chi connectivity index (χ1v) is 12.0. The van der Waals surface area contributed by atoms with Gasteiger partial charge in [0.15, 0.2) is 5.13 Å². The molecule has 0 radical (unpaired) electrons. The summed E-state index contributed by atoms with van der Waals surface area (Å²) < 4.78 is 43.9. The number of anilines is 1. The Morgan fingerprint density at radius 2 is 2.07 bits per heavy atom. The average Bonchev–Trinajstić information content (AvgIpc) is 3.07. The van der Waals surface area contributed by atoms with Crippen LogP contribution < -0.4 is 4.90 Å². The molecule has 0 spiro atoms. The van der Waals surface area contributed by atoms with Gasteiger partial charge in [-0.1, -0.05) is 11.3 Å². The van der Waals surface area contributed by atoms with Crippen LogP contribution in [0.25, 0.3) is 10.2 Å². The number of ether oxygens (including phenoxy) is 1. The number of amides is 1. The van der Waals surface area contributed by atoms with Crippen molar-refractivity contribution in [1.82, 2.24) is 14.2 Å². The first kappa shape index (κ1) is 22.0. The van der Waals surface area contributed by atoms with Crippen LogP contribution in [0.4, 0.5) is 9.52 Å². The minimum Gasteiger partial charge on any atom is -0.379 e. The summed E-state index contributed by atoms with van der Waals surface area (Å²) in [7, 11) is -2.12. The maximum atomic E-state index is 13.5. The third kappa shape index (κ3) is 5.92. The van der Waals surface area contributed by atoms with E-state index in [9.17, 15) is 17.6 Å². The van der Waals surface area contributed by atoms with E-state index in [1.165, 1.54) is 35.4 Å². The van der Waals surface area contributed by atoms with Crippen LogP contribution in [0.15, 0.2) is 18.2 Å². The maximum absolute atomic E-state index is 13.5. The fourth-order valence-corrected chi connectivity index (χ4v) is 4.38. The van der Waals surface area contributed by atoms with Crippen LogP contribution in [0, 0.1) is 5.82 Å². The molecule has 1 fully saturated rings. The van der Waals surface area contributed by atoms with E-state index in [0.717, 1.165) is 30.2 Å². The lowest BCUT2D eigenvalue weighted by molar-refractivity contribution is -0.118. The number of nitrogens with zero attached hydrogens (tertiary/aromatic N) is 4. The van der Waals surface area contributed by atoms with Gasteiger partial charge in [0, 0.05) is 33.2 Å². The predicted octanol–water partition coefficient (Wildman–Crippen LogP) is 1.38. The summed E-state index contributed by atoms with van der Waals surface area (Å²) in [6.45, 7) is 4.03. The number of thiazole rings is 1. The molecule has 0 aliphatic carbocycles. The molecule has 3 rings (SSSR count). The molecule has 29 heavy (non-hydrogen) atoms. The van der Waals surface area contributed by atoms with Gasteiger partial charge < -0.3 is 4.74 Å². The highest BCUT2D eigenvalue weighted by atomic mass is 32.2. The van der Waals surface area contributed by atoms with Gasteiger partial charge in [0.1, 0.15) is 5.82 Å². The molecule has 1 aliphatic heterocycles. The molecular weight excluding hydrogens is 419 g/mol. The third-order valence-electron chi connectivity index (χ3n) is 4.75. The van der Waals surface area contributed by atoms with Gasteiger partial charge in [-0.05, 0) is 24.6 Å². The quantitative estimate of drug-likeness (QED) is 0.612. The minimum absolute atomic E-state index is 0.277. The largest absolute Gasteiger partial charge is 0.379 e. The number of fused-ring (bicyclic) bond motifs is 1. The van der Waals surface area contributed by atoms with Gasteiger partial charge >= 0.3 is 0 Å². The smallest absolute Gasteiger partial charge is 0.244 e.